The van der Waals surface area contributed by atoms with E-state index in [0.717, 1.165) is 17.8 Å². The Balaban J connectivity index is 2.23. The minimum Gasteiger partial charge on any atom is -0.385 e. The number of aryl methyl sites for hydroxylation is 1. The molecule has 1 unspecified atom stereocenters. The zero-order chi connectivity index (χ0) is 14.8. The summed E-state index contributed by atoms with van der Waals surface area (Å²) < 4.78 is 1.86. The summed E-state index contributed by atoms with van der Waals surface area (Å²) in [5.74, 6) is 0.810. The van der Waals surface area contributed by atoms with Crippen molar-refractivity contribution in [3.05, 3.63) is 47.5 Å². The van der Waals surface area contributed by atoms with Gasteiger partial charge in [-0.2, -0.15) is 5.10 Å². The van der Waals surface area contributed by atoms with Crippen molar-refractivity contribution >= 4 is 0 Å². The average Bonchev–Trinajstić information content (AvgIpc) is 2.86. The van der Waals surface area contributed by atoms with Crippen LogP contribution < -0.4 is 0 Å². The van der Waals surface area contributed by atoms with Crippen molar-refractivity contribution in [2.75, 3.05) is 0 Å². The molecule has 1 heterocycles. The van der Waals surface area contributed by atoms with Gasteiger partial charge in [-0.1, -0.05) is 31.2 Å². The molecule has 0 saturated heterocycles. The molecule has 2 aromatic rings. The summed E-state index contributed by atoms with van der Waals surface area (Å²) in [6.45, 7) is 8.07. The molecule has 1 atom stereocenters. The molecule has 4 nitrogen and oxygen atoms in total. The fourth-order valence-electron chi connectivity index (χ4n) is 2.34. The second kappa shape index (κ2) is 5.75. The quantitative estimate of drug-likeness (QED) is 0.911. The fraction of sp³-hybridized carbons (Fsp3) is 0.500. The lowest BCUT2D eigenvalue weighted by Gasteiger charge is -2.24. The highest BCUT2D eigenvalue weighted by atomic mass is 16.3. The standard InChI is InChI=1S/C16H23N3O/c1-5-13-6-8-14(9-7-13)16(4,20)10-15-17-11-18-19(15)12(2)3/h6-9,11-12,20H,5,10H2,1-4H3. The summed E-state index contributed by atoms with van der Waals surface area (Å²) in [7, 11) is 0. The second-order valence-corrected chi connectivity index (χ2v) is 5.72. The third-order valence-corrected chi connectivity index (χ3v) is 3.62. The molecule has 20 heavy (non-hydrogen) atoms. The predicted octanol–water partition coefficient (Wildman–Crippen LogP) is 2.87. The smallest absolute Gasteiger partial charge is 0.138 e. The van der Waals surface area contributed by atoms with Gasteiger partial charge in [-0.05, 0) is 38.3 Å². The van der Waals surface area contributed by atoms with Crippen molar-refractivity contribution in [2.45, 2.75) is 52.2 Å². The Morgan fingerprint density at radius 3 is 2.45 bits per heavy atom. The van der Waals surface area contributed by atoms with E-state index in [2.05, 4.69) is 43.0 Å². The van der Waals surface area contributed by atoms with Gasteiger partial charge in [-0.15, -0.1) is 0 Å². The van der Waals surface area contributed by atoms with Gasteiger partial charge >= 0.3 is 0 Å². The average molecular weight is 273 g/mol. The molecule has 108 valence electrons. The Morgan fingerprint density at radius 1 is 1.25 bits per heavy atom. The zero-order valence-corrected chi connectivity index (χ0v) is 12.7. The number of nitrogens with zero attached hydrogens (tertiary/aromatic N) is 3. The van der Waals surface area contributed by atoms with Gasteiger partial charge in [-0.25, -0.2) is 9.67 Å². The van der Waals surface area contributed by atoms with Crippen LogP contribution in [0.1, 0.15) is 50.7 Å². The van der Waals surface area contributed by atoms with E-state index in [1.807, 2.05) is 23.7 Å². The molecule has 2 rings (SSSR count). The maximum atomic E-state index is 10.7. The van der Waals surface area contributed by atoms with E-state index in [9.17, 15) is 5.11 Å². The number of hydrogen-bond acceptors (Lipinski definition) is 3. The van der Waals surface area contributed by atoms with Gasteiger partial charge in [0.15, 0.2) is 0 Å². The fourth-order valence-corrected chi connectivity index (χ4v) is 2.34. The third kappa shape index (κ3) is 3.07. The van der Waals surface area contributed by atoms with Gasteiger partial charge < -0.3 is 5.11 Å². The molecule has 0 spiro atoms. The molecule has 1 aromatic heterocycles. The molecule has 0 radical (unpaired) electrons. The maximum Gasteiger partial charge on any atom is 0.138 e. The van der Waals surface area contributed by atoms with Crippen molar-refractivity contribution in [1.29, 1.82) is 0 Å². The summed E-state index contributed by atoms with van der Waals surface area (Å²) in [5, 5.41) is 15.0. The largest absolute Gasteiger partial charge is 0.385 e. The second-order valence-electron chi connectivity index (χ2n) is 5.72. The van der Waals surface area contributed by atoms with Crippen molar-refractivity contribution in [3.8, 4) is 0 Å². The van der Waals surface area contributed by atoms with E-state index in [1.165, 1.54) is 5.56 Å². The zero-order valence-electron chi connectivity index (χ0n) is 12.7. The van der Waals surface area contributed by atoms with Crippen LogP contribution in [0.15, 0.2) is 30.6 Å². The van der Waals surface area contributed by atoms with Crippen LogP contribution in [0.2, 0.25) is 0 Å². The molecule has 4 heteroatoms. The van der Waals surface area contributed by atoms with E-state index in [-0.39, 0.29) is 6.04 Å². The molecule has 1 N–H and O–H groups in total. The van der Waals surface area contributed by atoms with Gasteiger partial charge in [0, 0.05) is 12.5 Å². The van der Waals surface area contributed by atoms with E-state index in [1.54, 1.807) is 6.33 Å². The Morgan fingerprint density at radius 2 is 1.90 bits per heavy atom. The SMILES string of the molecule is CCc1ccc(C(C)(O)Cc2ncnn2C(C)C)cc1. The first-order valence-corrected chi connectivity index (χ1v) is 7.14. The predicted molar refractivity (Wildman–Crippen MR) is 79.5 cm³/mol. The van der Waals surface area contributed by atoms with Gasteiger partial charge in [0.1, 0.15) is 12.2 Å². The van der Waals surface area contributed by atoms with E-state index in [4.69, 9.17) is 0 Å². The lowest BCUT2D eigenvalue weighted by Crippen LogP contribution is -2.26. The Hall–Kier alpha value is -1.68. The number of aliphatic hydroxyl groups is 1. The molecule has 0 fully saturated rings. The number of hydrogen-bond donors (Lipinski definition) is 1. The molecule has 0 saturated carbocycles. The van der Waals surface area contributed by atoms with Crippen LogP contribution in [0.25, 0.3) is 0 Å². The van der Waals surface area contributed by atoms with Crippen molar-refractivity contribution in [1.82, 2.24) is 14.8 Å². The van der Waals surface area contributed by atoms with E-state index < -0.39 is 5.60 Å². The summed E-state index contributed by atoms with van der Waals surface area (Å²) >= 11 is 0. The number of aromatic nitrogens is 3. The lowest BCUT2D eigenvalue weighted by atomic mass is 9.91. The van der Waals surface area contributed by atoms with Gasteiger partial charge in [0.05, 0.1) is 5.60 Å². The molecule has 0 aliphatic heterocycles. The lowest BCUT2D eigenvalue weighted by molar-refractivity contribution is 0.0539. The minimum atomic E-state index is -0.939. The van der Waals surface area contributed by atoms with Crippen molar-refractivity contribution < 1.29 is 5.11 Å². The highest BCUT2D eigenvalue weighted by Crippen LogP contribution is 2.25. The summed E-state index contributed by atoms with van der Waals surface area (Å²) in [6, 6.07) is 8.36. The molecule has 1 aromatic carbocycles. The monoisotopic (exact) mass is 273 g/mol. The summed E-state index contributed by atoms with van der Waals surface area (Å²) in [4.78, 5) is 4.27. The Bertz CT molecular complexity index is 555. The van der Waals surface area contributed by atoms with Crippen LogP contribution in [0.3, 0.4) is 0 Å². The molecular formula is C16H23N3O. The normalized spacial score (nSPS) is 14.5. The van der Waals surface area contributed by atoms with Crippen LogP contribution >= 0.6 is 0 Å². The van der Waals surface area contributed by atoms with Crippen LogP contribution in [-0.2, 0) is 18.4 Å². The Kier molecular flexibility index (Phi) is 4.23. The maximum absolute atomic E-state index is 10.7. The first-order chi connectivity index (χ1) is 9.44. The molecule has 0 amide bonds. The first kappa shape index (κ1) is 14.7. The highest BCUT2D eigenvalue weighted by Gasteiger charge is 2.26. The van der Waals surface area contributed by atoms with Crippen LogP contribution in [-0.4, -0.2) is 19.9 Å². The summed E-state index contributed by atoms with van der Waals surface area (Å²) in [6.07, 6.45) is 3.01. The van der Waals surface area contributed by atoms with E-state index >= 15 is 0 Å². The number of rotatable bonds is 5. The highest BCUT2D eigenvalue weighted by molar-refractivity contribution is 5.27. The van der Waals surface area contributed by atoms with Gasteiger partial charge in [0.25, 0.3) is 0 Å². The van der Waals surface area contributed by atoms with Crippen LogP contribution in [0.5, 0.6) is 0 Å². The Labute approximate surface area is 120 Å². The third-order valence-electron chi connectivity index (χ3n) is 3.62. The van der Waals surface area contributed by atoms with Gasteiger partial charge in [-0.3, -0.25) is 0 Å². The van der Waals surface area contributed by atoms with Crippen molar-refractivity contribution in [3.63, 3.8) is 0 Å². The van der Waals surface area contributed by atoms with Crippen molar-refractivity contribution in [2.24, 2.45) is 0 Å². The summed E-state index contributed by atoms with van der Waals surface area (Å²) in [5.41, 5.74) is 1.24. The molecule has 0 aliphatic rings. The minimum absolute atomic E-state index is 0.241. The molecule has 0 aliphatic carbocycles. The van der Waals surface area contributed by atoms with Crippen LogP contribution in [0, 0.1) is 0 Å². The number of benzene rings is 1. The van der Waals surface area contributed by atoms with Crippen LogP contribution in [0.4, 0.5) is 0 Å². The first-order valence-electron chi connectivity index (χ1n) is 7.14. The topological polar surface area (TPSA) is 50.9 Å². The molecule has 0 bridgehead atoms. The van der Waals surface area contributed by atoms with Gasteiger partial charge in [0.2, 0.25) is 0 Å². The molecular weight excluding hydrogens is 250 g/mol. The van der Waals surface area contributed by atoms with E-state index in [0.29, 0.717) is 6.42 Å².